The average Bonchev–Trinajstić information content (AvgIpc) is 2.65. The van der Waals surface area contributed by atoms with Gasteiger partial charge in [-0.15, -0.1) is 0 Å². The standard InChI is InChI=1S/C24H22GeN2/c1-16-11-18-9-10-27-24(22(18)14-23(16)25(2,3)4)19-12-17-7-5-6-8-21(17)20(13-19)15-26/h5-14H,1-4H3. The quantitative estimate of drug-likeness (QED) is 0.392. The van der Waals surface area contributed by atoms with Gasteiger partial charge in [-0.25, -0.2) is 0 Å². The topological polar surface area (TPSA) is 36.7 Å². The molecule has 4 aromatic rings. The zero-order chi connectivity index (χ0) is 19.2. The van der Waals surface area contributed by atoms with Gasteiger partial charge in [-0.3, -0.25) is 0 Å². The zero-order valence-electron chi connectivity index (χ0n) is 16.2. The Hall–Kier alpha value is -2.64. The maximum atomic E-state index is 9.64. The maximum absolute atomic E-state index is 9.64. The fourth-order valence-corrected chi connectivity index (χ4v) is 7.76. The Labute approximate surface area is 162 Å². The number of nitrogens with zero attached hydrogens (tertiary/aromatic N) is 2. The van der Waals surface area contributed by atoms with E-state index in [-0.39, 0.29) is 0 Å². The molecule has 0 aliphatic rings. The first-order valence-electron chi connectivity index (χ1n) is 9.21. The summed E-state index contributed by atoms with van der Waals surface area (Å²) in [7, 11) is 0. The van der Waals surface area contributed by atoms with E-state index in [0.29, 0.717) is 5.56 Å². The van der Waals surface area contributed by atoms with E-state index in [9.17, 15) is 5.26 Å². The molecule has 0 unspecified atom stereocenters. The van der Waals surface area contributed by atoms with E-state index in [1.807, 2.05) is 30.5 Å². The number of pyridine rings is 1. The molecule has 2 nitrogen and oxygen atoms in total. The van der Waals surface area contributed by atoms with Gasteiger partial charge in [0.05, 0.1) is 0 Å². The third-order valence-electron chi connectivity index (χ3n) is 5.17. The number of rotatable bonds is 2. The van der Waals surface area contributed by atoms with Crippen LogP contribution in [-0.2, 0) is 0 Å². The van der Waals surface area contributed by atoms with Crippen LogP contribution < -0.4 is 4.40 Å². The summed E-state index contributed by atoms with van der Waals surface area (Å²) in [6.45, 7) is 2.22. The van der Waals surface area contributed by atoms with Crippen molar-refractivity contribution in [3.63, 3.8) is 0 Å². The minimum atomic E-state index is -1.99. The monoisotopic (exact) mass is 412 g/mol. The van der Waals surface area contributed by atoms with Crippen molar-refractivity contribution in [1.29, 1.82) is 5.26 Å². The van der Waals surface area contributed by atoms with Crippen LogP contribution in [0.3, 0.4) is 0 Å². The molecule has 4 rings (SSSR count). The van der Waals surface area contributed by atoms with Crippen molar-refractivity contribution in [3.05, 3.63) is 71.9 Å². The van der Waals surface area contributed by atoms with Crippen molar-refractivity contribution in [2.24, 2.45) is 0 Å². The van der Waals surface area contributed by atoms with Crippen molar-refractivity contribution in [2.75, 3.05) is 0 Å². The summed E-state index contributed by atoms with van der Waals surface area (Å²) < 4.78 is 1.51. The van der Waals surface area contributed by atoms with Gasteiger partial charge in [-0.2, -0.15) is 0 Å². The molecule has 0 saturated carbocycles. The van der Waals surface area contributed by atoms with Crippen molar-refractivity contribution < 1.29 is 0 Å². The zero-order valence-corrected chi connectivity index (χ0v) is 18.3. The van der Waals surface area contributed by atoms with E-state index in [0.717, 1.165) is 22.0 Å². The van der Waals surface area contributed by atoms with E-state index in [1.54, 1.807) is 0 Å². The van der Waals surface area contributed by atoms with Crippen molar-refractivity contribution in [1.82, 2.24) is 4.98 Å². The van der Waals surface area contributed by atoms with E-state index >= 15 is 0 Å². The van der Waals surface area contributed by atoms with Crippen LogP contribution in [0.1, 0.15) is 11.1 Å². The molecule has 0 fully saturated rings. The summed E-state index contributed by atoms with van der Waals surface area (Å²) >= 11 is -1.99. The predicted molar refractivity (Wildman–Crippen MR) is 117 cm³/mol. The number of nitriles is 1. The normalized spacial score (nSPS) is 11.7. The Kier molecular flexibility index (Phi) is 4.28. The molecule has 0 aliphatic heterocycles. The molecule has 0 N–H and O–H groups in total. The third-order valence-corrected chi connectivity index (χ3v) is 9.69. The molecule has 0 bridgehead atoms. The Morgan fingerprint density at radius 3 is 2.37 bits per heavy atom. The predicted octanol–water partition coefficient (Wildman–Crippen LogP) is 5.78. The van der Waals surface area contributed by atoms with Gasteiger partial charge in [0.2, 0.25) is 0 Å². The summed E-state index contributed by atoms with van der Waals surface area (Å²) in [6, 6.07) is 21.3. The van der Waals surface area contributed by atoms with Gasteiger partial charge < -0.3 is 0 Å². The molecule has 27 heavy (non-hydrogen) atoms. The summed E-state index contributed by atoms with van der Waals surface area (Å²) in [6.07, 6.45) is 1.87. The summed E-state index contributed by atoms with van der Waals surface area (Å²) in [5, 5.41) is 14.1. The van der Waals surface area contributed by atoms with Crippen LogP contribution in [0.25, 0.3) is 32.8 Å². The molecule has 1 aromatic heterocycles. The van der Waals surface area contributed by atoms with Crippen LogP contribution in [0, 0.1) is 18.3 Å². The van der Waals surface area contributed by atoms with Gasteiger partial charge in [-0.1, -0.05) is 0 Å². The third kappa shape index (κ3) is 3.13. The van der Waals surface area contributed by atoms with E-state index < -0.39 is 13.3 Å². The molecule has 132 valence electrons. The number of aryl methyl sites for hydroxylation is 1. The number of hydrogen-bond acceptors (Lipinski definition) is 2. The van der Waals surface area contributed by atoms with E-state index in [4.69, 9.17) is 4.98 Å². The second-order valence-electron chi connectivity index (χ2n) is 8.15. The second kappa shape index (κ2) is 6.51. The van der Waals surface area contributed by atoms with Crippen molar-refractivity contribution in [2.45, 2.75) is 24.2 Å². The van der Waals surface area contributed by atoms with Gasteiger partial charge >= 0.3 is 163 Å². The fourth-order valence-electron chi connectivity index (χ4n) is 3.91. The van der Waals surface area contributed by atoms with Crippen LogP contribution in [0.15, 0.2) is 60.8 Å². The van der Waals surface area contributed by atoms with Crippen LogP contribution in [0.5, 0.6) is 0 Å². The number of benzene rings is 3. The molecule has 0 radical (unpaired) electrons. The second-order valence-corrected chi connectivity index (χ2v) is 18.7. The van der Waals surface area contributed by atoms with Gasteiger partial charge in [0, 0.05) is 0 Å². The Balaban J connectivity index is 2.05. The van der Waals surface area contributed by atoms with Gasteiger partial charge in [0.25, 0.3) is 0 Å². The summed E-state index contributed by atoms with van der Waals surface area (Å²) in [5.74, 6) is 7.27. The molecule has 0 spiro atoms. The molecule has 0 amide bonds. The van der Waals surface area contributed by atoms with Crippen molar-refractivity contribution >= 4 is 39.2 Å². The minimum absolute atomic E-state index is 0.697. The van der Waals surface area contributed by atoms with Crippen LogP contribution in [-0.4, -0.2) is 18.3 Å². The van der Waals surface area contributed by atoms with Gasteiger partial charge in [0.15, 0.2) is 0 Å². The summed E-state index contributed by atoms with van der Waals surface area (Å²) in [4.78, 5) is 4.72. The fraction of sp³-hybridized carbons (Fsp3) is 0.167. The molecule has 1 heterocycles. The average molecular weight is 411 g/mol. The van der Waals surface area contributed by atoms with Crippen LogP contribution in [0.4, 0.5) is 0 Å². The molecular weight excluding hydrogens is 389 g/mol. The van der Waals surface area contributed by atoms with Crippen LogP contribution in [0.2, 0.25) is 17.3 Å². The Morgan fingerprint density at radius 2 is 1.63 bits per heavy atom. The van der Waals surface area contributed by atoms with Gasteiger partial charge in [0.1, 0.15) is 0 Å². The first-order valence-corrected chi connectivity index (χ1v) is 16.6. The van der Waals surface area contributed by atoms with Gasteiger partial charge in [-0.05, 0) is 0 Å². The Morgan fingerprint density at radius 1 is 0.889 bits per heavy atom. The molecular formula is C24H22GeN2. The molecule has 0 saturated heterocycles. The molecule has 0 aliphatic carbocycles. The number of fused-ring (bicyclic) bond motifs is 2. The van der Waals surface area contributed by atoms with E-state index in [1.165, 1.54) is 20.7 Å². The number of aromatic nitrogens is 1. The first kappa shape index (κ1) is 17.8. The first-order chi connectivity index (χ1) is 12.9. The van der Waals surface area contributed by atoms with Crippen molar-refractivity contribution in [3.8, 4) is 17.3 Å². The van der Waals surface area contributed by atoms with E-state index in [2.05, 4.69) is 60.6 Å². The molecule has 3 aromatic carbocycles. The molecule has 3 heteroatoms. The summed E-state index contributed by atoms with van der Waals surface area (Å²) in [5.41, 5.74) is 4.04. The Bertz CT molecular complexity index is 1230. The molecule has 0 atom stereocenters. The number of hydrogen-bond donors (Lipinski definition) is 0. The van der Waals surface area contributed by atoms with Crippen LogP contribution >= 0.6 is 0 Å². The SMILES string of the molecule is Cc1cc2ccnc(-c3cc(C#N)c4ccccc4c3)c2c[c]1[Ge]([CH3])([CH3])[CH3].